The number of rotatable bonds is 4. The average molecular weight is 500 g/mol. The summed E-state index contributed by atoms with van der Waals surface area (Å²) in [6.07, 6.45) is 3.72. The first kappa shape index (κ1) is 22.4. The minimum Gasteiger partial charge on any atom is -1.00 e. The number of halogens is 1. The molecule has 0 radical (unpaired) electrons. The first-order chi connectivity index (χ1) is 16.7. The number of para-hydroxylation sites is 1. The lowest BCUT2D eigenvalue weighted by Crippen LogP contribution is -3.00. The molecule has 11 heteroatoms. The van der Waals surface area contributed by atoms with Crippen LogP contribution in [-0.2, 0) is 0 Å². The molecule has 1 aliphatic heterocycles. The third-order valence-electron chi connectivity index (χ3n) is 5.18. The molecule has 1 aliphatic rings. The summed E-state index contributed by atoms with van der Waals surface area (Å²) in [5.41, 5.74) is 2.76. The van der Waals surface area contributed by atoms with Crippen molar-refractivity contribution in [2.24, 2.45) is 10.2 Å². The summed E-state index contributed by atoms with van der Waals surface area (Å²) in [6, 6.07) is 22.4. The highest BCUT2D eigenvalue weighted by Gasteiger charge is 2.27. The fourth-order valence-electron chi connectivity index (χ4n) is 3.56. The lowest BCUT2D eigenvalue weighted by molar-refractivity contribution is -0.734. The molecule has 5 aromatic rings. The molecular weight excluding hydrogens is 486 g/mol. The third-order valence-corrected chi connectivity index (χ3v) is 6.18. The molecule has 0 saturated carbocycles. The van der Waals surface area contributed by atoms with E-state index in [-0.39, 0.29) is 23.5 Å². The third kappa shape index (κ3) is 4.16. The average Bonchev–Trinajstić information content (AvgIpc) is 3.50. The normalized spacial score (nSPS) is 12.8. The molecule has 35 heavy (non-hydrogen) atoms. The predicted molar refractivity (Wildman–Crippen MR) is 125 cm³/mol. The number of amides is 2. The molecule has 0 spiro atoms. The quantitative estimate of drug-likeness (QED) is 0.344. The Bertz CT molecular complexity index is 1620. The summed E-state index contributed by atoms with van der Waals surface area (Å²) in [5, 5.41) is 16.7. The number of thiazole rings is 1. The molecule has 3 aromatic carbocycles. The number of carbonyl (C=O) groups is 2. The van der Waals surface area contributed by atoms with E-state index in [1.165, 1.54) is 11.3 Å². The molecule has 0 aliphatic carbocycles. The second-order valence-corrected chi connectivity index (χ2v) is 8.39. The van der Waals surface area contributed by atoms with Gasteiger partial charge in [-0.2, -0.15) is 0 Å². The molecular formula is C24H14ClN7O2S. The zero-order valence-electron chi connectivity index (χ0n) is 17.8. The van der Waals surface area contributed by atoms with Gasteiger partial charge >= 0.3 is 5.13 Å². The maximum atomic E-state index is 12.3. The maximum Gasteiger partial charge on any atom is 0.365 e. The molecule has 2 aromatic heterocycles. The lowest BCUT2D eigenvalue weighted by atomic mass is 10.0. The number of hydrogen-bond donors (Lipinski definition) is 0. The van der Waals surface area contributed by atoms with E-state index in [0.717, 1.165) is 15.8 Å². The number of fused-ring (bicyclic) bond motifs is 2. The van der Waals surface area contributed by atoms with Gasteiger partial charge in [0.15, 0.2) is 5.52 Å². The smallest absolute Gasteiger partial charge is 0.365 e. The van der Waals surface area contributed by atoms with Gasteiger partial charge in [-0.25, -0.2) is 0 Å². The molecule has 2 amide bonds. The number of nitrogens with zero attached hydrogens (tertiary/aromatic N) is 7. The second kappa shape index (κ2) is 9.09. The highest BCUT2D eigenvalue weighted by molar-refractivity contribution is 7.20. The van der Waals surface area contributed by atoms with Gasteiger partial charge in [0.25, 0.3) is 17.6 Å². The zero-order valence-corrected chi connectivity index (χ0v) is 19.4. The Morgan fingerprint density at radius 3 is 2.37 bits per heavy atom. The Morgan fingerprint density at radius 2 is 1.57 bits per heavy atom. The van der Waals surface area contributed by atoms with Gasteiger partial charge in [-0.15, -0.1) is 10.2 Å². The first-order valence-corrected chi connectivity index (χ1v) is 11.1. The number of azo groups is 1. The lowest BCUT2D eigenvalue weighted by Gasteiger charge is -2.07. The minimum absolute atomic E-state index is 0. The number of aromatic nitrogens is 5. The van der Waals surface area contributed by atoms with Gasteiger partial charge < -0.3 is 12.4 Å². The molecule has 170 valence electrons. The molecule has 9 nitrogen and oxygen atoms in total. The molecule has 0 N–H and O–H groups in total. The van der Waals surface area contributed by atoms with Crippen LogP contribution in [0.2, 0.25) is 0 Å². The first-order valence-electron chi connectivity index (χ1n) is 10.3. The highest BCUT2D eigenvalue weighted by atomic mass is 35.5. The molecule has 3 heterocycles. The van der Waals surface area contributed by atoms with Gasteiger partial charge in [0.2, 0.25) is 0 Å². The van der Waals surface area contributed by atoms with Crippen molar-refractivity contribution in [3.8, 4) is 10.8 Å². The minimum atomic E-state index is -0.577. The zero-order chi connectivity index (χ0) is 23.1. The highest BCUT2D eigenvalue weighted by Crippen LogP contribution is 2.23. The van der Waals surface area contributed by atoms with Crippen LogP contribution in [0.3, 0.4) is 0 Å². The standard InChI is InChI=1S/C24H14N7O2S.ClH/c32-22-17-12-11-16(14-18(17)23(33)27-26-22)30-28-21(13-10-15-6-2-1-3-7-15)29-31(30)24-25-19-8-4-5-9-20(19)34-24;/h1-14H;1H/q+1;/p-1/b13-10+;. The number of hydrogen-bond acceptors (Lipinski definition) is 6. The Balaban J connectivity index is 0.00000253. The second-order valence-electron chi connectivity index (χ2n) is 7.39. The van der Waals surface area contributed by atoms with Crippen LogP contribution in [0.1, 0.15) is 32.1 Å². The number of benzene rings is 3. The Morgan fingerprint density at radius 1 is 0.829 bits per heavy atom. The largest absolute Gasteiger partial charge is 1.00 e. The van der Waals surface area contributed by atoms with Gasteiger partial charge in [0.05, 0.1) is 15.8 Å². The van der Waals surface area contributed by atoms with Gasteiger partial charge in [-0.3, -0.25) is 9.59 Å². The van der Waals surface area contributed by atoms with Crippen LogP contribution in [0.25, 0.3) is 33.2 Å². The number of carbonyl (C=O) groups excluding carboxylic acids is 2. The fraction of sp³-hybridized carbons (Fsp3) is 0. The molecule has 0 saturated heterocycles. The van der Waals surface area contributed by atoms with Crippen LogP contribution >= 0.6 is 11.3 Å². The Hall–Kier alpha value is -4.41. The van der Waals surface area contributed by atoms with Gasteiger partial charge in [-0.1, -0.05) is 58.8 Å². The summed E-state index contributed by atoms with van der Waals surface area (Å²) in [5.74, 6) is -0.680. The van der Waals surface area contributed by atoms with Crippen LogP contribution in [0, 0.1) is 0 Å². The van der Waals surface area contributed by atoms with E-state index in [1.54, 1.807) is 33.9 Å². The van der Waals surface area contributed by atoms with Crippen LogP contribution in [0.5, 0.6) is 0 Å². The van der Waals surface area contributed by atoms with Crippen molar-refractivity contribution in [1.29, 1.82) is 0 Å². The van der Waals surface area contributed by atoms with Crippen molar-refractivity contribution in [1.82, 2.24) is 20.0 Å². The summed E-state index contributed by atoms with van der Waals surface area (Å²) in [7, 11) is 0. The summed E-state index contributed by atoms with van der Waals surface area (Å²) in [4.78, 5) is 32.1. The van der Waals surface area contributed by atoms with E-state index >= 15 is 0 Å². The molecule has 0 fully saturated rings. The summed E-state index contributed by atoms with van der Waals surface area (Å²) >= 11 is 1.47. The van der Waals surface area contributed by atoms with Crippen molar-refractivity contribution in [2.75, 3.05) is 0 Å². The van der Waals surface area contributed by atoms with Crippen LogP contribution < -0.4 is 17.2 Å². The van der Waals surface area contributed by atoms with Crippen molar-refractivity contribution in [3.63, 3.8) is 0 Å². The van der Waals surface area contributed by atoms with Crippen molar-refractivity contribution >= 4 is 45.5 Å². The molecule has 0 unspecified atom stereocenters. The van der Waals surface area contributed by atoms with Crippen LogP contribution in [0.4, 0.5) is 0 Å². The van der Waals surface area contributed by atoms with Gasteiger partial charge in [-0.05, 0) is 56.7 Å². The van der Waals surface area contributed by atoms with Crippen molar-refractivity contribution < 1.29 is 26.8 Å². The van der Waals surface area contributed by atoms with E-state index in [4.69, 9.17) is 4.98 Å². The Kier molecular flexibility index (Phi) is 5.81. The monoisotopic (exact) mass is 499 g/mol. The van der Waals surface area contributed by atoms with E-state index in [1.807, 2.05) is 60.7 Å². The van der Waals surface area contributed by atoms with E-state index in [2.05, 4.69) is 20.4 Å². The molecule has 0 bridgehead atoms. The SMILES string of the molecule is O=C1N=NC(=O)c2cc(-n3nc(/C=C/c4ccccc4)n[n+]3-c3nc4ccccc4s3)ccc21.[Cl-]. The topological polar surface area (TPSA) is 106 Å². The maximum absolute atomic E-state index is 12.3. The van der Waals surface area contributed by atoms with Crippen molar-refractivity contribution in [2.45, 2.75) is 0 Å². The number of tetrazole rings is 1. The predicted octanol–water partition coefficient (Wildman–Crippen LogP) is 1.07. The van der Waals surface area contributed by atoms with Gasteiger partial charge in [0, 0.05) is 11.2 Å². The molecule has 0 atom stereocenters. The fourth-order valence-corrected chi connectivity index (χ4v) is 4.46. The van der Waals surface area contributed by atoms with Crippen LogP contribution in [-0.4, -0.2) is 31.8 Å². The molecule has 6 rings (SSSR count). The van der Waals surface area contributed by atoms with E-state index in [9.17, 15) is 9.59 Å². The Labute approximate surface area is 208 Å². The van der Waals surface area contributed by atoms with Gasteiger partial charge in [0.1, 0.15) is 5.69 Å². The summed E-state index contributed by atoms with van der Waals surface area (Å²) in [6.45, 7) is 0. The van der Waals surface area contributed by atoms with Crippen molar-refractivity contribution in [3.05, 3.63) is 95.3 Å². The van der Waals surface area contributed by atoms with E-state index in [0.29, 0.717) is 16.6 Å². The van der Waals surface area contributed by atoms with Crippen LogP contribution in [0.15, 0.2) is 83.0 Å². The van der Waals surface area contributed by atoms with E-state index < -0.39 is 11.8 Å². The summed E-state index contributed by atoms with van der Waals surface area (Å²) < 4.78 is 1.01.